The van der Waals surface area contributed by atoms with Gasteiger partial charge in [-0.25, -0.2) is 0 Å². The summed E-state index contributed by atoms with van der Waals surface area (Å²) in [6, 6.07) is 5.75. The Kier molecular flexibility index (Phi) is 2.82. The molecule has 0 unspecified atom stereocenters. The third-order valence-corrected chi connectivity index (χ3v) is 1.70. The average molecular weight is 164 g/mol. The predicted octanol–water partition coefficient (Wildman–Crippen LogP) is 1.02. The molecule has 1 rings (SSSR count). The van der Waals surface area contributed by atoms with Gasteiger partial charge in [0, 0.05) is 12.2 Å². The Bertz CT molecular complexity index is 284. The van der Waals surface area contributed by atoms with Crippen molar-refractivity contribution >= 4 is 12.1 Å². The number of carbonyl (C=O) groups is 1. The Hall–Kier alpha value is -1.35. The lowest BCUT2D eigenvalue weighted by Gasteiger charge is -2.06. The van der Waals surface area contributed by atoms with Gasteiger partial charge in [0.25, 0.3) is 0 Å². The highest BCUT2D eigenvalue weighted by Gasteiger charge is 1.98. The number of carbonyl (C=O) groups excluding carboxylic acids is 1. The van der Waals surface area contributed by atoms with Crippen LogP contribution in [0.1, 0.15) is 11.1 Å². The highest BCUT2D eigenvalue weighted by atomic mass is 16.1. The van der Waals surface area contributed by atoms with Gasteiger partial charge in [-0.15, -0.1) is 0 Å². The maximum Gasteiger partial charge on any atom is 0.211 e. The van der Waals surface area contributed by atoms with Crippen molar-refractivity contribution in [2.24, 2.45) is 5.73 Å². The van der Waals surface area contributed by atoms with Crippen LogP contribution in [0, 0.1) is 6.92 Å². The van der Waals surface area contributed by atoms with Gasteiger partial charge in [-0.1, -0.05) is 17.7 Å². The van der Waals surface area contributed by atoms with Crippen molar-refractivity contribution in [2.75, 3.05) is 5.32 Å². The summed E-state index contributed by atoms with van der Waals surface area (Å²) >= 11 is 0. The Balaban J connectivity index is 3.01. The number of nitrogens with two attached hydrogens (primary N) is 1. The third kappa shape index (κ3) is 1.83. The van der Waals surface area contributed by atoms with Crippen LogP contribution in [-0.4, -0.2) is 6.41 Å². The van der Waals surface area contributed by atoms with Gasteiger partial charge in [0.15, 0.2) is 0 Å². The molecule has 3 heteroatoms. The summed E-state index contributed by atoms with van der Waals surface area (Å²) in [5.41, 5.74) is 8.39. The van der Waals surface area contributed by atoms with E-state index in [1.165, 1.54) is 0 Å². The van der Waals surface area contributed by atoms with E-state index in [0.717, 1.165) is 16.8 Å². The molecule has 12 heavy (non-hydrogen) atoms. The maximum absolute atomic E-state index is 10.2. The summed E-state index contributed by atoms with van der Waals surface area (Å²) in [6.07, 6.45) is 0.657. The van der Waals surface area contributed by atoms with E-state index < -0.39 is 0 Å². The molecule has 0 aliphatic carbocycles. The number of rotatable bonds is 3. The van der Waals surface area contributed by atoms with E-state index in [-0.39, 0.29) is 0 Å². The number of anilines is 1. The topological polar surface area (TPSA) is 55.1 Å². The zero-order valence-corrected chi connectivity index (χ0v) is 7.00. The average Bonchev–Trinajstić information content (AvgIpc) is 2.08. The highest BCUT2D eigenvalue weighted by molar-refractivity contribution is 5.73. The minimum atomic E-state index is 0.442. The van der Waals surface area contributed by atoms with Gasteiger partial charge < -0.3 is 11.1 Å². The largest absolute Gasteiger partial charge is 0.328 e. The Morgan fingerprint density at radius 2 is 2.33 bits per heavy atom. The Labute approximate surface area is 71.6 Å². The van der Waals surface area contributed by atoms with E-state index in [2.05, 4.69) is 5.32 Å². The minimum absolute atomic E-state index is 0.442. The number of amides is 1. The quantitative estimate of drug-likeness (QED) is 0.655. The predicted molar refractivity (Wildman–Crippen MR) is 48.8 cm³/mol. The molecule has 0 radical (unpaired) electrons. The van der Waals surface area contributed by atoms with Gasteiger partial charge in [0.1, 0.15) is 0 Å². The number of aryl methyl sites for hydroxylation is 1. The molecule has 0 aliphatic rings. The van der Waals surface area contributed by atoms with Crippen LogP contribution in [0.5, 0.6) is 0 Å². The molecule has 0 aromatic heterocycles. The molecule has 0 spiro atoms. The van der Waals surface area contributed by atoms with Crippen LogP contribution in [0.2, 0.25) is 0 Å². The molecule has 0 saturated carbocycles. The smallest absolute Gasteiger partial charge is 0.211 e. The lowest BCUT2D eigenvalue weighted by atomic mass is 10.1. The van der Waals surface area contributed by atoms with Gasteiger partial charge in [0.2, 0.25) is 6.41 Å². The normalized spacial score (nSPS) is 9.50. The van der Waals surface area contributed by atoms with E-state index in [4.69, 9.17) is 5.73 Å². The molecular weight excluding hydrogens is 152 g/mol. The number of hydrogen-bond acceptors (Lipinski definition) is 2. The summed E-state index contributed by atoms with van der Waals surface area (Å²) in [7, 11) is 0. The first-order chi connectivity index (χ1) is 5.77. The lowest BCUT2D eigenvalue weighted by molar-refractivity contribution is -0.105. The second-order valence-corrected chi connectivity index (χ2v) is 2.63. The van der Waals surface area contributed by atoms with Crippen molar-refractivity contribution < 1.29 is 4.79 Å². The van der Waals surface area contributed by atoms with Crippen molar-refractivity contribution in [1.29, 1.82) is 0 Å². The summed E-state index contributed by atoms with van der Waals surface area (Å²) < 4.78 is 0. The van der Waals surface area contributed by atoms with Crippen molar-refractivity contribution in [1.82, 2.24) is 0 Å². The Morgan fingerprint density at radius 3 is 2.92 bits per heavy atom. The summed E-state index contributed by atoms with van der Waals surface area (Å²) in [5.74, 6) is 0. The van der Waals surface area contributed by atoms with Crippen molar-refractivity contribution in [3.63, 3.8) is 0 Å². The van der Waals surface area contributed by atoms with Crippen LogP contribution in [0.25, 0.3) is 0 Å². The zero-order chi connectivity index (χ0) is 8.97. The van der Waals surface area contributed by atoms with Gasteiger partial charge in [-0.2, -0.15) is 0 Å². The van der Waals surface area contributed by atoms with E-state index in [1.54, 1.807) is 0 Å². The summed E-state index contributed by atoms with van der Waals surface area (Å²) in [4.78, 5) is 10.2. The van der Waals surface area contributed by atoms with Gasteiger partial charge in [-0.3, -0.25) is 4.79 Å². The SMILES string of the molecule is Cc1ccc(NC=O)c(CN)c1. The highest BCUT2D eigenvalue weighted by Crippen LogP contribution is 2.15. The molecule has 1 amide bonds. The Morgan fingerprint density at radius 1 is 1.58 bits per heavy atom. The zero-order valence-electron chi connectivity index (χ0n) is 7.00. The molecular formula is C9H12N2O. The third-order valence-electron chi connectivity index (χ3n) is 1.70. The molecule has 0 heterocycles. The van der Waals surface area contributed by atoms with Gasteiger partial charge in [0.05, 0.1) is 0 Å². The molecule has 0 aliphatic heterocycles. The van der Waals surface area contributed by atoms with Crippen molar-refractivity contribution in [3.8, 4) is 0 Å². The van der Waals surface area contributed by atoms with E-state index in [1.807, 2.05) is 25.1 Å². The monoisotopic (exact) mass is 164 g/mol. The van der Waals surface area contributed by atoms with Gasteiger partial charge >= 0.3 is 0 Å². The fourth-order valence-corrected chi connectivity index (χ4v) is 1.10. The summed E-state index contributed by atoms with van der Waals surface area (Å²) in [5, 5.41) is 2.59. The number of nitrogens with one attached hydrogen (secondary N) is 1. The molecule has 1 aromatic carbocycles. The molecule has 0 fully saturated rings. The first-order valence-electron chi connectivity index (χ1n) is 3.77. The molecule has 0 atom stereocenters. The van der Waals surface area contributed by atoms with E-state index in [0.29, 0.717) is 13.0 Å². The standard InChI is InChI=1S/C9H12N2O/c1-7-2-3-9(11-6-12)8(4-7)5-10/h2-4,6H,5,10H2,1H3,(H,11,12). The number of hydrogen-bond donors (Lipinski definition) is 2. The van der Waals surface area contributed by atoms with Crippen LogP contribution in [-0.2, 0) is 11.3 Å². The van der Waals surface area contributed by atoms with Crippen LogP contribution < -0.4 is 11.1 Å². The molecule has 0 saturated heterocycles. The van der Waals surface area contributed by atoms with E-state index in [9.17, 15) is 4.79 Å². The van der Waals surface area contributed by atoms with Crippen molar-refractivity contribution in [2.45, 2.75) is 13.5 Å². The lowest BCUT2D eigenvalue weighted by Crippen LogP contribution is -2.03. The second-order valence-electron chi connectivity index (χ2n) is 2.63. The van der Waals surface area contributed by atoms with E-state index >= 15 is 0 Å². The van der Waals surface area contributed by atoms with Crippen molar-refractivity contribution in [3.05, 3.63) is 29.3 Å². The maximum atomic E-state index is 10.2. The molecule has 1 aromatic rings. The van der Waals surface area contributed by atoms with Crippen LogP contribution >= 0.6 is 0 Å². The van der Waals surface area contributed by atoms with Gasteiger partial charge in [-0.05, 0) is 18.6 Å². The minimum Gasteiger partial charge on any atom is -0.328 e. The molecule has 0 bridgehead atoms. The van der Waals surface area contributed by atoms with Crippen LogP contribution in [0.4, 0.5) is 5.69 Å². The molecule has 3 nitrogen and oxygen atoms in total. The van der Waals surface area contributed by atoms with Crippen LogP contribution in [0.15, 0.2) is 18.2 Å². The molecule has 3 N–H and O–H groups in total. The first kappa shape index (κ1) is 8.74. The fraction of sp³-hybridized carbons (Fsp3) is 0.222. The van der Waals surface area contributed by atoms with Crippen LogP contribution in [0.3, 0.4) is 0 Å². The molecule has 64 valence electrons. The first-order valence-corrected chi connectivity index (χ1v) is 3.77. The number of benzene rings is 1. The second kappa shape index (κ2) is 3.88. The summed E-state index contributed by atoms with van der Waals surface area (Å²) in [6.45, 7) is 2.43. The fourth-order valence-electron chi connectivity index (χ4n) is 1.10.